The number of piperidine rings is 1. The molecule has 1 N–H and O–H groups in total. The van der Waals surface area contributed by atoms with Crippen molar-refractivity contribution >= 4 is 17.7 Å². The molecule has 1 fully saturated rings. The molecule has 0 aliphatic carbocycles. The van der Waals surface area contributed by atoms with E-state index in [0.29, 0.717) is 6.04 Å². The maximum atomic E-state index is 4.77. The summed E-state index contributed by atoms with van der Waals surface area (Å²) >= 11 is 0. The first-order valence-electron chi connectivity index (χ1n) is 8.90. The number of pyridine rings is 1. The second-order valence-corrected chi connectivity index (χ2v) is 6.64. The molecule has 5 rings (SSSR count). The Morgan fingerprint density at radius 3 is 3.15 bits per heavy atom. The van der Waals surface area contributed by atoms with Crippen LogP contribution in [0.15, 0.2) is 54.2 Å². The van der Waals surface area contributed by atoms with Crippen molar-refractivity contribution in [2.75, 3.05) is 18.0 Å². The summed E-state index contributed by atoms with van der Waals surface area (Å²) < 4.78 is 1.91. The molecule has 2 atom stereocenters. The van der Waals surface area contributed by atoms with Gasteiger partial charge in [-0.2, -0.15) is 15.2 Å². The van der Waals surface area contributed by atoms with Crippen LogP contribution in [0.4, 0.5) is 5.95 Å². The van der Waals surface area contributed by atoms with Gasteiger partial charge in [0.15, 0.2) is 6.17 Å². The van der Waals surface area contributed by atoms with Gasteiger partial charge in [-0.15, -0.1) is 0 Å². The van der Waals surface area contributed by atoms with Crippen LogP contribution in [0.5, 0.6) is 0 Å². The third-order valence-electron chi connectivity index (χ3n) is 5.11. The zero-order chi connectivity index (χ0) is 17.3. The Morgan fingerprint density at radius 2 is 2.23 bits per heavy atom. The lowest BCUT2D eigenvalue weighted by molar-refractivity contribution is 0.186. The van der Waals surface area contributed by atoms with Gasteiger partial charge in [-0.1, -0.05) is 6.07 Å². The van der Waals surface area contributed by atoms with E-state index in [1.54, 1.807) is 6.33 Å². The van der Waals surface area contributed by atoms with E-state index in [1.165, 1.54) is 0 Å². The van der Waals surface area contributed by atoms with E-state index in [4.69, 9.17) is 4.99 Å². The van der Waals surface area contributed by atoms with E-state index in [1.807, 2.05) is 41.3 Å². The lowest BCUT2D eigenvalue weighted by atomic mass is 10.0. The van der Waals surface area contributed by atoms with Crippen LogP contribution in [0.1, 0.15) is 24.6 Å². The molecule has 0 radical (unpaired) electrons. The van der Waals surface area contributed by atoms with Gasteiger partial charge >= 0.3 is 0 Å². The van der Waals surface area contributed by atoms with Gasteiger partial charge in [-0.3, -0.25) is 4.99 Å². The molecule has 2 aliphatic heterocycles. The monoisotopic (exact) mass is 348 g/mol. The minimum absolute atomic E-state index is 0.0559. The fraction of sp³-hybridized carbons (Fsp3) is 0.333. The molecule has 0 saturated carbocycles. The summed E-state index contributed by atoms with van der Waals surface area (Å²) in [6, 6.07) is 6.48. The molecule has 3 aromatic rings. The minimum atomic E-state index is -0.0559. The average Bonchev–Trinajstić information content (AvgIpc) is 3.38. The van der Waals surface area contributed by atoms with Gasteiger partial charge < -0.3 is 9.80 Å². The number of fused-ring (bicyclic) bond motifs is 1. The van der Waals surface area contributed by atoms with Crippen LogP contribution in [0.25, 0.3) is 5.52 Å². The van der Waals surface area contributed by atoms with Gasteiger partial charge in [0, 0.05) is 43.3 Å². The SMILES string of the molecule is C1=CN(C2CCCN(c3ncn[nH]3)C2)[C@@H](c2cnn3ccccc23)N=C1. The smallest absolute Gasteiger partial charge is 0.221 e. The molecule has 0 spiro atoms. The lowest BCUT2D eigenvalue weighted by Gasteiger charge is -2.42. The highest BCUT2D eigenvalue weighted by Crippen LogP contribution is 2.32. The quantitative estimate of drug-likeness (QED) is 0.783. The Bertz CT molecular complexity index is 941. The predicted octanol–water partition coefficient (Wildman–Crippen LogP) is 2.02. The third-order valence-corrected chi connectivity index (χ3v) is 5.11. The zero-order valence-corrected chi connectivity index (χ0v) is 14.3. The number of rotatable bonds is 3. The Labute approximate surface area is 150 Å². The molecule has 0 amide bonds. The van der Waals surface area contributed by atoms with Gasteiger partial charge in [-0.25, -0.2) is 9.61 Å². The van der Waals surface area contributed by atoms with Crippen molar-refractivity contribution in [1.82, 2.24) is 29.7 Å². The first-order valence-corrected chi connectivity index (χ1v) is 8.90. The number of allylic oxidation sites excluding steroid dienone is 1. The first kappa shape index (κ1) is 15.1. The van der Waals surface area contributed by atoms with Crippen LogP contribution < -0.4 is 4.90 Å². The Kier molecular flexibility index (Phi) is 3.66. The van der Waals surface area contributed by atoms with Crippen molar-refractivity contribution in [1.29, 1.82) is 0 Å². The maximum absolute atomic E-state index is 4.77. The average molecular weight is 348 g/mol. The van der Waals surface area contributed by atoms with Crippen molar-refractivity contribution in [3.05, 3.63) is 54.8 Å². The molecular formula is C18H20N8. The number of anilines is 1. The summed E-state index contributed by atoms with van der Waals surface area (Å²) in [5, 5.41) is 11.5. The summed E-state index contributed by atoms with van der Waals surface area (Å²) in [6.45, 7) is 1.89. The van der Waals surface area contributed by atoms with Gasteiger partial charge in [0.2, 0.25) is 5.95 Å². The number of aliphatic imine (C=N–C) groups is 1. The second-order valence-electron chi connectivity index (χ2n) is 6.64. The standard InChI is InChI=1S/C18H20N8/c1-2-10-26-16(6-1)15(11-22-26)17-19-7-4-9-25(17)14-5-3-8-24(12-14)18-20-13-21-23-18/h1-2,4,6-7,9-11,13-14,17H,3,5,8,12H2,(H,20,21,23)/t14?,17-/m0/s1. The molecule has 1 saturated heterocycles. The van der Waals surface area contributed by atoms with E-state index >= 15 is 0 Å². The van der Waals surface area contributed by atoms with E-state index in [-0.39, 0.29) is 6.17 Å². The molecule has 26 heavy (non-hydrogen) atoms. The number of hydrogen-bond acceptors (Lipinski definition) is 6. The van der Waals surface area contributed by atoms with E-state index in [2.05, 4.69) is 42.3 Å². The minimum Gasteiger partial charge on any atom is -0.347 e. The largest absolute Gasteiger partial charge is 0.347 e. The van der Waals surface area contributed by atoms with Crippen LogP contribution >= 0.6 is 0 Å². The molecule has 2 aliphatic rings. The van der Waals surface area contributed by atoms with Gasteiger partial charge in [0.25, 0.3) is 0 Å². The Balaban J connectivity index is 1.45. The number of H-pyrrole nitrogens is 1. The molecule has 5 heterocycles. The van der Waals surface area contributed by atoms with E-state index in [9.17, 15) is 0 Å². The highest BCUT2D eigenvalue weighted by atomic mass is 15.4. The third kappa shape index (κ3) is 2.54. The summed E-state index contributed by atoms with van der Waals surface area (Å²) in [6.07, 6.45) is 13.7. The highest BCUT2D eigenvalue weighted by Gasteiger charge is 2.31. The number of nitrogens with one attached hydrogen (secondary N) is 1. The van der Waals surface area contributed by atoms with Crippen molar-refractivity contribution in [2.24, 2.45) is 4.99 Å². The number of hydrogen-bond donors (Lipinski definition) is 1. The summed E-state index contributed by atoms with van der Waals surface area (Å²) in [7, 11) is 0. The molecule has 0 bridgehead atoms. The van der Waals surface area contributed by atoms with Crippen molar-refractivity contribution in [3.63, 3.8) is 0 Å². The number of nitrogens with zero attached hydrogens (tertiary/aromatic N) is 7. The van der Waals surface area contributed by atoms with Gasteiger partial charge in [0.05, 0.1) is 11.7 Å². The van der Waals surface area contributed by atoms with Crippen LogP contribution in [0.2, 0.25) is 0 Å². The topological polar surface area (TPSA) is 77.7 Å². The molecule has 0 aromatic carbocycles. The molecule has 3 aromatic heterocycles. The molecule has 8 nitrogen and oxygen atoms in total. The molecule has 8 heteroatoms. The summed E-state index contributed by atoms with van der Waals surface area (Å²) in [5.74, 6) is 0.840. The van der Waals surface area contributed by atoms with E-state index in [0.717, 1.165) is 43.0 Å². The van der Waals surface area contributed by atoms with Crippen LogP contribution in [-0.2, 0) is 0 Å². The summed E-state index contributed by atoms with van der Waals surface area (Å²) in [5.41, 5.74) is 2.22. The van der Waals surface area contributed by atoms with E-state index < -0.39 is 0 Å². The Morgan fingerprint density at radius 1 is 1.23 bits per heavy atom. The number of aromatic nitrogens is 5. The van der Waals surface area contributed by atoms with Crippen molar-refractivity contribution < 1.29 is 0 Å². The lowest BCUT2D eigenvalue weighted by Crippen LogP contribution is -2.47. The zero-order valence-electron chi connectivity index (χ0n) is 14.3. The molecule has 132 valence electrons. The van der Waals surface area contributed by atoms with Crippen LogP contribution in [-0.4, -0.2) is 55.0 Å². The maximum Gasteiger partial charge on any atom is 0.221 e. The Hall–Kier alpha value is -3.16. The van der Waals surface area contributed by atoms with Crippen molar-refractivity contribution in [2.45, 2.75) is 25.0 Å². The first-order chi connectivity index (χ1) is 12.9. The van der Waals surface area contributed by atoms with Gasteiger partial charge in [-0.05, 0) is 31.1 Å². The van der Waals surface area contributed by atoms with Crippen LogP contribution in [0.3, 0.4) is 0 Å². The highest BCUT2D eigenvalue weighted by molar-refractivity contribution is 5.72. The summed E-state index contributed by atoms with van der Waals surface area (Å²) in [4.78, 5) is 13.7. The van der Waals surface area contributed by atoms with Crippen LogP contribution in [0, 0.1) is 0 Å². The van der Waals surface area contributed by atoms with Crippen molar-refractivity contribution in [3.8, 4) is 0 Å². The molecular weight excluding hydrogens is 328 g/mol. The van der Waals surface area contributed by atoms with Gasteiger partial charge in [0.1, 0.15) is 6.33 Å². The normalized spacial score (nSPS) is 23.1. The fourth-order valence-corrected chi connectivity index (χ4v) is 3.88. The predicted molar refractivity (Wildman–Crippen MR) is 99.0 cm³/mol. The molecule has 1 unspecified atom stereocenters. The number of aromatic amines is 1. The fourth-order valence-electron chi connectivity index (χ4n) is 3.88. The second kappa shape index (κ2) is 6.29.